The zero-order chi connectivity index (χ0) is 18.0. The maximum atomic E-state index is 13.7. The number of alkyl halides is 1. The van der Waals surface area contributed by atoms with Gasteiger partial charge in [0.15, 0.2) is 0 Å². The smallest absolute Gasteiger partial charge is 0.131 e. The number of allylic oxidation sites excluding steroid dienone is 2. The molecule has 0 rings (SSSR count). The van der Waals surface area contributed by atoms with Crippen molar-refractivity contribution >= 4 is 23.2 Å². The number of unbranched alkanes of at least 4 members (excludes halogenated alkanes) is 2. The van der Waals surface area contributed by atoms with Crippen molar-refractivity contribution in [3.8, 4) is 0 Å². The highest BCUT2D eigenvalue weighted by molar-refractivity contribution is 6.31. The number of aliphatic hydroxyl groups is 2. The number of aliphatic hydroxyl groups excluding tert-OH is 2. The van der Waals surface area contributed by atoms with Gasteiger partial charge >= 0.3 is 0 Å². The lowest BCUT2D eigenvalue weighted by Gasteiger charge is -2.30. The minimum atomic E-state index is -1.42. The van der Waals surface area contributed by atoms with Crippen molar-refractivity contribution < 1.29 is 14.6 Å². The second kappa shape index (κ2) is 11.5. The van der Waals surface area contributed by atoms with E-state index in [9.17, 15) is 14.6 Å². The molecule has 0 aliphatic rings. The lowest BCUT2D eigenvalue weighted by atomic mass is 9.81. The SMILES string of the molecule is CCCCC(F)C(O)/C(Cl)=[C]/C=C(/Cl)C(O)C(C)(C)CCCC. The van der Waals surface area contributed by atoms with Crippen molar-refractivity contribution in [2.75, 3.05) is 0 Å². The number of rotatable bonds is 11. The van der Waals surface area contributed by atoms with Crippen LogP contribution < -0.4 is 0 Å². The number of hydrogen-bond donors (Lipinski definition) is 2. The maximum absolute atomic E-state index is 13.7. The molecule has 0 bridgehead atoms. The molecule has 2 N–H and O–H groups in total. The Morgan fingerprint density at radius 1 is 1.17 bits per heavy atom. The molecule has 0 saturated heterocycles. The average molecular weight is 368 g/mol. The first-order valence-electron chi connectivity index (χ1n) is 8.32. The quantitative estimate of drug-likeness (QED) is 0.473. The van der Waals surface area contributed by atoms with Crippen LogP contribution in [-0.2, 0) is 0 Å². The first-order chi connectivity index (χ1) is 10.7. The van der Waals surface area contributed by atoms with E-state index in [0.29, 0.717) is 6.42 Å². The fraction of sp³-hybridized carbons (Fsp3) is 0.778. The molecule has 23 heavy (non-hydrogen) atoms. The summed E-state index contributed by atoms with van der Waals surface area (Å²) < 4.78 is 13.7. The molecule has 3 unspecified atom stereocenters. The zero-order valence-electron chi connectivity index (χ0n) is 14.6. The highest BCUT2D eigenvalue weighted by Crippen LogP contribution is 2.33. The van der Waals surface area contributed by atoms with Crippen molar-refractivity contribution in [1.82, 2.24) is 0 Å². The van der Waals surface area contributed by atoms with E-state index in [1.165, 1.54) is 6.08 Å². The summed E-state index contributed by atoms with van der Waals surface area (Å²) in [5.41, 5.74) is -0.375. The van der Waals surface area contributed by atoms with Crippen LogP contribution in [-0.4, -0.2) is 28.6 Å². The van der Waals surface area contributed by atoms with Crippen LogP contribution in [0.15, 0.2) is 16.1 Å². The number of hydrogen-bond acceptors (Lipinski definition) is 2. The largest absolute Gasteiger partial charge is 0.387 e. The highest BCUT2D eigenvalue weighted by atomic mass is 35.5. The summed E-state index contributed by atoms with van der Waals surface area (Å²) in [6.07, 6.45) is 4.87. The molecule has 135 valence electrons. The first-order valence-corrected chi connectivity index (χ1v) is 9.07. The summed E-state index contributed by atoms with van der Waals surface area (Å²) in [6, 6.07) is 0. The van der Waals surface area contributed by atoms with E-state index >= 15 is 0 Å². The van der Waals surface area contributed by atoms with E-state index in [2.05, 4.69) is 13.0 Å². The Kier molecular flexibility index (Phi) is 11.4. The Hall–Kier alpha value is -0.0900. The van der Waals surface area contributed by atoms with E-state index in [1.54, 1.807) is 0 Å². The zero-order valence-corrected chi connectivity index (χ0v) is 16.1. The maximum Gasteiger partial charge on any atom is 0.131 e. The van der Waals surface area contributed by atoms with Crippen molar-refractivity contribution in [3.63, 3.8) is 0 Å². The van der Waals surface area contributed by atoms with Gasteiger partial charge in [-0.25, -0.2) is 4.39 Å². The molecule has 3 atom stereocenters. The van der Waals surface area contributed by atoms with Gasteiger partial charge in [0.25, 0.3) is 0 Å². The van der Waals surface area contributed by atoms with Gasteiger partial charge in [0.2, 0.25) is 0 Å². The number of halogens is 3. The second-order valence-corrected chi connectivity index (χ2v) is 7.46. The monoisotopic (exact) mass is 367 g/mol. The molecule has 0 spiro atoms. The molecule has 0 aromatic rings. The molecule has 0 aliphatic heterocycles. The molecular formula is C18H30Cl2FO2. The van der Waals surface area contributed by atoms with Gasteiger partial charge in [-0.1, -0.05) is 76.6 Å². The van der Waals surface area contributed by atoms with Gasteiger partial charge in [-0.15, -0.1) is 0 Å². The van der Waals surface area contributed by atoms with E-state index in [-0.39, 0.29) is 21.9 Å². The predicted molar refractivity (Wildman–Crippen MR) is 96.3 cm³/mol. The summed E-state index contributed by atoms with van der Waals surface area (Å²) in [4.78, 5) is 0. The van der Waals surface area contributed by atoms with E-state index < -0.39 is 18.4 Å². The lowest BCUT2D eigenvalue weighted by molar-refractivity contribution is 0.0778. The predicted octanol–water partition coefficient (Wildman–Crippen LogP) is 5.50. The van der Waals surface area contributed by atoms with Crippen LogP contribution in [0.5, 0.6) is 0 Å². The fourth-order valence-corrected chi connectivity index (χ4v) is 2.70. The van der Waals surface area contributed by atoms with Gasteiger partial charge in [0.1, 0.15) is 12.3 Å². The average Bonchev–Trinajstić information content (AvgIpc) is 2.53. The first kappa shape index (κ1) is 22.9. The van der Waals surface area contributed by atoms with Crippen LogP contribution in [0.4, 0.5) is 4.39 Å². The van der Waals surface area contributed by atoms with Gasteiger partial charge in [-0.3, -0.25) is 0 Å². The van der Waals surface area contributed by atoms with Crippen LogP contribution >= 0.6 is 23.2 Å². The minimum absolute atomic E-state index is 0.134. The van der Waals surface area contributed by atoms with Gasteiger partial charge in [-0.2, -0.15) is 0 Å². The molecule has 0 fully saturated rings. The minimum Gasteiger partial charge on any atom is -0.387 e. The summed E-state index contributed by atoms with van der Waals surface area (Å²) in [5, 5.41) is 20.2. The van der Waals surface area contributed by atoms with E-state index in [0.717, 1.165) is 25.7 Å². The van der Waals surface area contributed by atoms with Gasteiger partial charge in [-0.05, 0) is 24.3 Å². The Labute approximate surface area is 150 Å². The standard InChI is InChI=1S/C18H30Cl2FO2/c1-5-7-9-15(21)16(22)13(19)10-11-14(20)17(23)18(3,4)12-8-6-2/h11,15-17,22-23H,5-9,12H2,1-4H3/b13-10?,14-11+. The van der Waals surface area contributed by atoms with Crippen molar-refractivity contribution in [2.45, 2.75) is 84.6 Å². The third-order valence-corrected chi connectivity index (χ3v) is 4.61. The van der Waals surface area contributed by atoms with E-state index in [4.69, 9.17) is 23.2 Å². The summed E-state index contributed by atoms with van der Waals surface area (Å²) >= 11 is 12.0. The molecule has 0 saturated carbocycles. The van der Waals surface area contributed by atoms with E-state index in [1.807, 2.05) is 20.8 Å². The van der Waals surface area contributed by atoms with Crippen LogP contribution in [0.25, 0.3) is 0 Å². The van der Waals surface area contributed by atoms with Crippen LogP contribution in [0.1, 0.15) is 66.2 Å². The highest BCUT2D eigenvalue weighted by Gasteiger charge is 2.29. The molecule has 0 aliphatic carbocycles. The molecule has 0 aromatic carbocycles. The topological polar surface area (TPSA) is 40.5 Å². The molecule has 0 amide bonds. The molecule has 1 radical (unpaired) electrons. The Morgan fingerprint density at radius 3 is 2.26 bits per heavy atom. The Balaban J connectivity index is 4.82. The van der Waals surface area contributed by atoms with Gasteiger partial charge in [0, 0.05) is 11.1 Å². The Morgan fingerprint density at radius 2 is 1.74 bits per heavy atom. The third kappa shape index (κ3) is 8.53. The lowest BCUT2D eigenvalue weighted by Crippen LogP contribution is -2.29. The Bertz CT molecular complexity index is 394. The molecule has 0 aromatic heterocycles. The van der Waals surface area contributed by atoms with Crippen molar-refractivity contribution in [3.05, 3.63) is 22.2 Å². The van der Waals surface area contributed by atoms with Crippen LogP contribution in [0.2, 0.25) is 0 Å². The molecule has 0 heterocycles. The van der Waals surface area contributed by atoms with Crippen molar-refractivity contribution in [1.29, 1.82) is 0 Å². The summed E-state index contributed by atoms with van der Waals surface area (Å²) in [7, 11) is 0. The molecular weight excluding hydrogens is 338 g/mol. The third-order valence-electron chi connectivity index (χ3n) is 3.96. The van der Waals surface area contributed by atoms with Crippen LogP contribution in [0.3, 0.4) is 0 Å². The summed E-state index contributed by atoms with van der Waals surface area (Å²) in [6.45, 7) is 7.91. The normalized spacial score (nSPS) is 18.0. The molecule has 2 nitrogen and oxygen atoms in total. The van der Waals surface area contributed by atoms with Crippen molar-refractivity contribution in [2.24, 2.45) is 5.41 Å². The van der Waals surface area contributed by atoms with Gasteiger partial charge < -0.3 is 10.2 Å². The van der Waals surface area contributed by atoms with Crippen LogP contribution in [0, 0.1) is 11.5 Å². The summed E-state index contributed by atoms with van der Waals surface area (Å²) in [5.74, 6) is 0. The molecule has 5 heteroatoms. The van der Waals surface area contributed by atoms with Gasteiger partial charge in [0.05, 0.1) is 11.1 Å². The fourth-order valence-electron chi connectivity index (χ4n) is 2.16. The second-order valence-electron chi connectivity index (χ2n) is 6.62.